The van der Waals surface area contributed by atoms with E-state index in [2.05, 4.69) is 20.9 Å². The number of aliphatic imine (C=N–C) groups is 1. The molecular formula is C18H27IN4O3. The lowest BCUT2D eigenvalue weighted by Crippen LogP contribution is -2.43. The van der Waals surface area contributed by atoms with Gasteiger partial charge in [-0.3, -0.25) is 14.6 Å². The fourth-order valence-electron chi connectivity index (χ4n) is 2.66. The van der Waals surface area contributed by atoms with Crippen molar-refractivity contribution in [1.82, 2.24) is 10.6 Å². The summed E-state index contributed by atoms with van der Waals surface area (Å²) in [6, 6.07) is 7.77. The van der Waals surface area contributed by atoms with E-state index >= 15 is 0 Å². The van der Waals surface area contributed by atoms with Gasteiger partial charge in [-0.05, 0) is 32.4 Å². The molecule has 0 bridgehead atoms. The Bertz CT molecular complexity index is 671. The van der Waals surface area contributed by atoms with Crippen LogP contribution in [0.25, 0.3) is 0 Å². The van der Waals surface area contributed by atoms with Crippen LogP contribution in [-0.2, 0) is 14.3 Å². The Hall–Kier alpha value is -1.84. The highest BCUT2D eigenvalue weighted by Crippen LogP contribution is 2.31. The number of hydrogen-bond acceptors (Lipinski definition) is 4. The van der Waals surface area contributed by atoms with Crippen LogP contribution in [0.5, 0.6) is 0 Å². The van der Waals surface area contributed by atoms with E-state index in [4.69, 9.17) is 4.74 Å². The first-order valence-electron chi connectivity index (χ1n) is 8.33. The number of fused-ring (bicyclic) bond motifs is 1. The molecule has 0 saturated heterocycles. The van der Waals surface area contributed by atoms with Gasteiger partial charge in [-0.2, -0.15) is 0 Å². The van der Waals surface area contributed by atoms with Crippen molar-refractivity contribution in [3.63, 3.8) is 0 Å². The molecule has 8 heteroatoms. The molecule has 1 aliphatic rings. The number of esters is 1. The number of carbonyl (C=O) groups is 2. The number of rotatable bonds is 4. The normalized spacial score (nSPS) is 16.7. The van der Waals surface area contributed by atoms with Gasteiger partial charge in [-0.15, -0.1) is 24.0 Å². The van der Waals surface area contributed by atoms with Gasteiger partial charge in [0.05, 0.1) is 0 Å². The van der Waals surface area contributed by atoms with Gasteiger partial charge < -0.3 is 20.7 Å². The molecule has 0 spiro atoms. The van der Waals surface area contributed by atoms with Gasteiger partial charge in [0.1, 0.15) is 12.1 Å². The molecule has 0 saturated carbocycles. The molecule has 1 heterocycles. The van der Waals surface area contributed by atoms with Gasteiger partial charge in [-0.25, -0.2) is 0 Å². The number of halogens is 1. The smallest absolute Gasteiger partial charge is 0.325 e. The number of carbonyl (C=O) groups excluding carboxylic acids is 2. The van der Waals surface area contributed by atoms with Crippen molar-refractivity contribution in [2.24, 2.45) is 4.99 Å². The number of nitrogens with one attached hydrogen (secondary N) is 3. The van der Waals surface area contributed by atoms with Gasteiger partial charge in [0, 0.05) is 31.6 Å². The fourth-order valence-corrected chi connectivity index (χ4v) is 2.66. The van der Waals surface area contributed by atoms with Crippen LogP contribution in [0.3, 0.4) is 0 Å². The van der Waals surface area contributed by atoms with Crippen LogP contribution in [0.15, 0.2) is 29.3 Å². The zero-order chi connectivity index (χ0) is 18.4. The van der Waals surface area contributed by atoms with E-state index in [0.717, 1.165) is 11.3 Å². The Morgan fingerprint density at radius 1 is 1.31 bits per heavy atom. The molecule has 26 heavy (non-hydrogen) atoms. The molecule has 0 aromatic heterocycles. The van der Waals surface area contributed by atoms with Crippen molar-refractivity contribution in [2.45, 2.75) is 38.7 Å². The summed E-state index contributed by atoms with van der Waals surface area (Å²) >= 11 is 0. The average molecular weight is 474 g/mol. The van der Waals surface area contributed by atoms with Crippen LogP contribution in [0, 0.1) is 0 Å². The molecule has 144 valence electrons. The topological polar surface area (TPSA) is 91.8 Å². The average Bonchev–Trinajstić information content (AvgIpc) is 2.53. The van der Waals surface area contributed by atoms with Crippen LogP contribution < -0.4 is 16.0 Å². The summed E-state index contributed by atoms with van der Waals surface area (Å²) in [5.41, 5.74) is 1.42. The molecule has 0 fully saturated rings. The summed E-state index contributed by atoms with van der Waals surface area (Å²) in [5, 5.41) is 8.98. The molecule has 0 radical (unpaired) electrons. The molecule has 0 aliphatic carbocycles. The SMILES string of the molecule is CN=C(NCC(=O)OC(C)(C)C)NCC1CC(=O)Nc2ccccc21.I. The van der Waals surface area contributed by atoms with Crippen LogP contribution in [0.4, 0.5) is 5.69 Å². The predicted octanol–water partition coefficient (Wildman–Crippen LogP) is 2.24. The predicted molar refractivity (Wildman–Crippen MR) is 113 cm³/mol. The molecular weight excluding hydrogens is 447 g/mol. The summed E-state index contributed by atoms with van der Waals surface area (Å²) < 4.78 is 5.25. The number of ether oxygens (including phenoxy) is 1. The lowest BCUT2D eigenvalue weighted by molar-refractivity contribution is -0.153. The highest BCUT2D eigenvalue weighted by molar-refractivity contribution is 14.0. The van der Waals surface area contributed by atoms with Crippen molar-refractivity contribution in [2.75, 3.05) is 25.5 Å². The number of nitrogens with zero attached hydrogens (tertiary/aromatic N) is 1. The van der Waals surface area contributed by atoms with Crippen molar-refractivity contribution in [3.8, 4) is 0 Å². The third-order valence-electron chi connectivity index (χ3n) is 3.67. The molecule has 2 rings (SSSR count). The first kappa shape index (κ1) is 22.2. The number of para-hydroxylation sites is 1. The summed E-state index contributed by atoms with van der Waals surface area (Å²) in [4.78, 5) is 27.7. The second-order valence-corrected chi connectivity index (χ2v) is 6.93. The summed E-state index contributed by atoms with van der Waals surface area (Å²) in [6.45, 7) is 6.04. The van der Waals surface area contributed by atoms with Crippen LogP contribution in [0.2, 0.25) is 0 Å². The fraction of sp³-hybridized carbons (Fsp3) is 0.500. The van der Waals surface area contributed by atoms with Crippen LogP contribution in [-0.4, -0.2) is 43.6 Å². The minimum atomic E-state index is -0.519. The molecule has 7 nitrogen and oxygen atoms in total. The molecule has 1 aromatic carbocycles. The Kier molecular flexibility index (Phi) is 8.32. The third-order valence-corrected chi connectivity index (χ3v) is 3.67. The van der Waals surface area contributed by atoms with Crippen molar-refractivity contribution >= 4 is 47.5 Å². The zero-order valence-electron chi connectivity index (χ0n) is 15.6. The summed E-state index contributed by atoms with van der Waals surface area (Å²) in [7, 11) is 1.63. The number of anilines is 1. The van der Waals surface area contributed by atoms with Gasteiger partial charge in [0.25, 0.3) is 0 Å². The number of amides is 1. The largest absolute Gasteiger partial charge is 0.459 e. The van der Waals surface area contributed by atoms with E-state index in [1.807, 2.05) is 45.0 Å². The lowest BCUT2D eigenvalue weighted by atomic mass is 9.90. The molecule has 1 unspecified atom stereocenters. The first-order valence-corrected chi connectivity index (χ1v) is 8.33. The second kappa shape index (κ2) is 9.75. The first-order chi connectivity index (χ1) is 11.8. The maximum absolute atomic E-state index is 11.9. The van der Waals surface area contributed by atoms with E-state index < -0.39 is 5.60 Å². The van der Waals surface area contributed by atoms with E-state index in [1.165, 1.54) is 0 Å². The van der Waals surface area contributed by atoms with Crippen molar-refractivity contribution < 1.29 is 14.3 Å². The quantitative estimate of drug-likeness (QED) is 0.270. The Labute approximate surface area is 171 Å². The number of guanidine groups is 1. The maximum atomic E-state index is 11.9. The number of hydrogen-bond donors (Lipinski definition) is 3. The highest BCUT2D eigenvalue weighted by atomic mass is 127. The summed E-state index contributed by atoms with van der Waals surface area (Å²) in [6.07, 6.45) is 0.410. The van der Waals surface area contributed by atoms with Crippen LogP contribution in [0.1, 0.15) is 38.7 Å². The van der Waals surface area contributed by atoms with Gasteiger partial charge in [0.2, 0.25) is 5.91 Å². The van der Waals surface area contributed by atoms with E-state index in [0.29, 0.717) is 18.9 Å². The Balaban J connectivity index is 0.00000338. The van der Waals surface area contributed by atoms with Crippen molar-refractivity contribution in [3.05, 3.63) is 29.8 Å². The third kappa shape index (κ3) is 6.81. The standard InChI is InChI=1S/C18H26N4O3.HI/c1-18(2,3)25-16(24)11-21-17(19-4)20-10-12-9-15(23)22-14-8-6-5-7-13(12)14;/h5-8,12H,9-11H2,1-4H3,(H,22,23)(H2,19,20,21);1H. The zero-order valence-corrected chi connectivity index (χ0v) is 17.9. The number of benzene rings is 1. The Morgan fingerprint density at radius 3 is 2.65 bits per heavy atom. The molecule has 3 N–H and O–H groups in total. The Morgan fingerprint density at radius 2 is 2.00 bits per heavy atom. The van der Waals surface area contributed by atoms with Crippen LogP contribution >= 0.6 is 24.0 Å². The van der Waals surface area contributed by atoms with E-state index in [1.54, 1.807) is 7.05 Å². The monoisotopic (exact) mass is 474 g/mol. The van der Waals surface area contributed by atoms with Crippen molar-refractivity contribution in [1.29, 1.82) is 0 Å². The molecule has 1 amide bonds. The van der Waals surface area contributed by atoms with Gasteiger partial charge in [-0.1, -0.05) is 18.2 Å². The molecule has 1 aromatic rings. The van der Waals surface area contributed by atoms with Gasteiger partial charge in [0.15, 0.2) is 5.96 Å². The molecule has 1 aliphatic heterocycles. The van der Waals surface area contributed by atoms with E-state index in [9.17, 15) is 9.59 Å². The minimum Gasteiger partial charge on any atom is -0.459 e. The van der Waals surface area contributed by atoms with Gasteiger partial charge >= 0.3 is 5.97 Å². The minimum absolute atomic E-state index is 0. The molecule has 1 atom stereocenters. The highest BCUT2D eigenvalue weighted by Gasteiger charge is 2.25. The maximum Gasteiger partial charge on any atom is 0.325 e. The van der Waals surface area contributed by atoms with E-state index in [-0.39, 0.29) is 48.3 Å². The lowest BCUT2D eigenvalue weighted by Gasteiger charge is -2.26. The summed E-state index contributed by atoms with van der Waals surface area (Å²) in [5.74, 6) is 0.194. The second-order valence-electron chi connectivity index (χ2n) is 6.93.